The maximum Gasteiger partial charge on any atom is 0.486 e. The molecule has 0 aromatic rings. The van der Waals surface area contributed by atoms with E-state index >= 15 is 0 Å². The van der Waals surface area contributed by atoms with Gasteiger partial charge < -0.3 is 0 Å². The number of hydrogen-bond acceptors (Lipinski definition) is 2. The van der Waals surface area contributed by atoms with Crippen molar-refractivity contribution >= 4 is 6.21 Å². The predicted octanol–water partition coefficient (Wildman–Crippen LogP) is 1.53. The Balaban J connectivity index is 2.60. The fraction of sp³-hybridized carbons (Fsp3) is 0.200. The first-order valence-electron chi connectivity index (χ1n) is 2.49. The zero-order valence-corrected chi connectivity index (χ0v) is 4.84. The molecule has 0 N–H and O–H groups in total. The highest BCUT2D eigenvalue weighted by Gasteiger charge is 2.35. The summed E-state index contributed by atoms with van der Waals surface area (Å²) < 4.78 is 35.1. The summed E-state index contributed by atoms with van der Waals surface area (Å²) in [4.78, 5) is 3.37. The van der Waals surface area contributed by atoms with Crippen molar-refractivity contribution in [1.29, 1.82) is 0 Å². The maximum absolute atomic E-state index is 11.7. The van der Waals surface area contributed by atoms with Crippen molar-refractivity contribution < 1.29 is 13.2 Å². The van der Waals surface area contributed by atoms with E-state index in [1.165, 1.54) is 12.3 Å². The van der Waals surface area contributed by atoms with Crippen molar-refractivity contribution in [3.05, 3.63) is 18.9 Å². The quantitative estimate of drug-likeness (QED) is 0.477. The van der Waals surface area contributed by atoms with Crippen molar-refractivity contribution in [3.63, 3.8) is 0 Å². The van der Waals surface area contributed by atoms with Crippen molar-refractivity contribution in [2.75, 3.05) is 0 Å². The first-order chi connectivity index (χ1) is 4.61. The highest BCUT2D eigenvalue weighted by Crippen LogP contribution is 2.23. The second-order valence-electron chi connectivity index (χ2n) is 1.63. The fourth-order valence-corrected chi connectivity index (χ4v) is 0.480. The summed E-state index contributed by atoms with van der Waals surface area (Å²) in [5.74, 6) is 0. The van der Waals surface area contributed by atoms with Crippen molar-refractivity contribution in [2.45, 2.75) is 6.30 Å². The number of hydrogen-bond donors (Lipinski definition) is 0. The van der Waals surface area contributed by atoms with Crippen molar-refractivity contribution in [3.8, 4) is 0 Å². The van der Waals surface area contributed by atoms with Gasteiger partial charge in [0.2, 0.25) is 0 Å². The second kappa shape index (κ2) is 2.32. The Bertz CT molecular complexity index is 170. The number of alkyl halides is 3. The minimum atomic E-state index is -4.35. The fourth-order valence-electron chi connectivity index (χ4n) is 0.480. The van der Waals surface area contributed by atoms with Crippen molar-refractivity contribution in [2.24, 2.45) is 4.99 Å². The van der Waals surface area contributed by atoms with Gasteiger partial charge in [-0.1, -0.05) is 0 Å². The third-order valence-corrected chi connectivity index (χ3v) is 0.903. The Morgan fingerprint density at radius 2 is 2.00 bits per heavy atom. The van der Waals surface area contributed by atoms with E-state index in [4.69, 9.17) is 0 Å². The molecule has 0 aromatic carbocycles. The average Bonchev–Trinajstić information content (AvgIpc) is 1.88. The lowest BCUT2D eigenvalue weighted by molar-refractivity contribution is -0.217. The Labute approximate surface area is 55.7 Å². The topological polar surface area (TPSA) is 15.6 Å². The van der Waals surface area contributed by atoms with Crippen LogP contribution < -0.4 is 0 Å². The molecule has 10 heavy (non-hydrogen) atoms. The molecular weight excluding hydrogens is 145 g/mol. The lowest BCUT2D eigenvalue weighted by Gasteiger charge is -2.21. The van der Waals surface area contributed by atoms with Crippen LogP contribution in [0.5, 0.6) is 0 Å². The summed E-state index contributed by atoms with van der Waals surface area (Å²) >= 11 is 0. The summed E-state index contributed by atoms with van der Waals surface area (Å²) in [6.07, 6.45) is -0.961. The van der Waals surface area contributed by atoms with E-state index in [1.807, 2.05) is 0 Å². The van der Waals surface area contributed by atoms with Crippen LogP contribution in [0, 0.1) is 6.67 Å². The number of rotatable bonds is 0. The van der Waals surface area contributed by atoms with Gasteiger partial charge in [0.1, 0.15) is 0 Å². The minimum absolute atomic E-state index is 0.0764. The van der Waals surface area contributed by atoms with Crippen LogP contribution in [-0.4, -0.2) is 17.4 Å². The highest BCUT2D eigenvalue weighted by molar-refractivity contribution is 5.72. The molecule has 0 aromatic heterocycles. The van der Waals surface area contributed by atoms with Crippen molar-refractivity contribution in [1.82, 2.24) is 4.90 Å². The number of aliphatic imine (C=N–C) groups is 1. The van der Waals surface area contributed by atoms with E-state index in [9.17, 15) is 13.2 Å². The molecule has 0 unspecified atom stereocenters. The normalized spacial score (nSPS) is 18.1. The Kier molecular flexibility index (Phi) is 1.65. The minimum Gasteiger partial charge on any atom is -0.264 e. The summed E-state index contributed by atoms with van der Waals surface area (Å²) in [5, 5.41) is 0. The Morgan fingerprint density at radius 3 is 2.30 bits per heavy atom. The monoisotopic (exact) mass is 149 g/mol. The molecule has 0 fully saturated rings. The molecule has 2 nitrogen and oxygen atoms in total. The van der Waals surface area contributed by atoms with Gasteiger partial charge in [0, 0.05) is 12.4 Å². The van der Waals surface area contributed by atoms with Crippen LogP contribution in [-0.2, 0) is 0 Å². The van der Waals surface area contributed by atoms with E-state index in [2.05, 4.69) is 4.99 Å². The van der Waals surface area contributed by atoms with Crippen LogP contribution in [0.2, 0.25) is 0 Å². The van der Waals surface area contributed by atoms with Crippen LogP contribution in [0.15, 0.2) is 17.3 Å². The van der Waals surface area contributed by atoms with Crippen LogP contribution in [0.4, 0.5) is 13.2 Å². The highest BCUT2D eigenvalue weighted by atomic mass is 19.4. The maximum atomic E-state index is 11.7. The molecule has 0 saturated carbocycles. The molecule has 0 spiro atoms. The first kappa shape index (κ1) is 7.11. The average molecular weight is 149 g/mol. The van der Waals surface area contributed by atoms with Gasteiger partial charge in [-0.2, -0.15) is 13.2 Å². The smallest absolute Gasteiger partial charge is 0.264 e. The SMILES string of the molecule is FC(F)(F)N1[CH]N=CC=C1. The Hall–Kier alpha value is -1.00. The van der Waals surface area contributed by atoms with Gasteiger partial charge in [0.25, 0.3) is 0 Å². The van der Waals surface area contributed by atoms with E-state index in [-0.39, 0.29) is 4.90 Å². The summed E-state index contributed by atoms with van der Waals surface area (Å²) in [5.41, 5.74) is 0. The van der Waals surface area contributed by atoms with Gasteiger partial charge in [-0.15, -0.1) is 0 Å². The molecule has 55 valence electrons. The van der Waals surface area contributed by atoms with Crippen LogP contribution in [0.3, 0.4) is 0 Å². The van der Waals surface area contributed by atoms with Gasteiger partial charge in [0.05, 0.1) is 0 Å². The molecule has 1 aliphatic rings. The number of nitrogens with zero attached hydrogens (tertiary/aromatic N) is 2. The lowest BCUT2D eigenvalue weighted by Crippen LogP contribution is -2.31. The first-order valence-corrected chi connectivity index (χ1v) is 2.49. The van der Waals surface area contributed by atoms with E-state index < -0.39 is 6.30 Å². The molecule has 1 rings (SSSR count). The van der Waals surface area contributed by atoms with Crippen LogP contribution in [0.1, 0.15) is 0 Å². The second-order valence-corrected chi connectivity index (χ2v) is 1.63. The summed E-state index contributed by atoms with van der Waals surface area (Å²) in [7, 11) is 0. The van der Waals surface area contributed by atoms with Gasteiger partial charge in [-0.25, -0.2) is 0 Å². The molecular formula is C5H4F3N2. The standard InChI is InChI=1S/C5H4F3N2/c6-5(7,8)10-3-1-2-9-4-10/h1-4H. The van der Waals surface area contributed by atoms with Gasteiger partial charge >= 0.3 is 6.30 Å². The van der Waals surface area contributed by atoms with Gasteiger partial charge in [0.15, 0.2) is 6.67 Å². The third kappa shape index (κ3) is 1.49. The summed E-state index contributed by atoms with van der Waals surface area (Å²) in [6, 6.07) is 0. The predicted molar refractivity (Wildman–Crippen MR) is 29.8 cm³/mol. The van der Waals surface area contributed by atoms with Gasteiger partial charge in [-0.05, 0) is 6.08 Å². The van der Waals surface area contributed by atoms with E-state index in [0.29, 0.717) is 6.67 Å². The molecule has 0 aliphatic carbocycles. The molecule has 1 heterocycles. The zero-order valence-electron chi connectivity index (χ0n) is 4.84. The molecule has 0 bridgehead atoms. The molecule has 1 radical (unpaired) electrons. The molecule has 0 saturated heterocycles. The largest absolute Gasteiger partial charge is 0.486 e. The van der Waals surface area contributed by atoms with Gasteiger partial charge in [-0.3, -0.25) is 9.89 Å². The molecule has 1 aliphatic heterocycles. The van der Waals surface area contributed by atoms with Crippen LogP contribution in [0.25, 0.3) is 0 Å². The number of halogens is 3. The third-order valence-electron chi connectivity index (χ3n) is 0.903. The number of allylic oxidation sites excluding steroid dienone is 1. The molecule has 5 heteroatoms. The van der Waals surface area contributed by atoms with E-state index in [1.54, 1.807) is 0 Å². The van der Waals surface area contributed by atoms with E-state index in [0.717, 1.165) is 6.20 Å². The Morgan fingerprint density at radius 1 is 1.30 bits per heavy atom. The lowest BCUT2D eigenvalue weighted by atomic mass is 10.5. The summed E-state index contributed by atoms with van der Waals surface area (Å²) in [6.45, 7) is 0.708. The van der Waals surface area contributed by atoms with Crippen LogP contribution >= 0.6 is 0 Å². The zero-order chi connectivity index (χ0) is 7.61. The molecule has 0 atom stereocenters. The molecule has 0 amide bonds.